The first kappa shape index (κ1) is 14.8. The van der Waals surface area contributed by atoms with Crippen LogP contribution in [0.3, 0.4) is 0 Å². The Bertz CT molecular complexity index is 302. The summed E-state index contributed by atoms with van der Waals surface area (Å²) in [5, 5.41) is 11.7. The van der Waals surface area contributed by atoms with Crippen LogP contribution in [-0.4, -0.2) is 54.9 Å². The number of nitrogens with one attached hydrogen (secondary N) is 1. The normalized spacial score (nSPS) is 16.8. The molecule has 0 unspecified atom stereocenters. The average Bonchev–Trinajstić information content (AvgIpc) is 2.25. The van der Waals surface area contributed by atoms with E-state index in [1.54, 1.807) is 19.1 Å². The first-order valence-corrected chi connectivity index (χ1v) is 6.23. The van der Waals surface area contributed by atoms with E-state index in [-0.39, 0.29) is 12.5 Å². The molecule has 1 aliphatic rings. The Morgan fingerprint density at radius 1 is 1.44 bits per heavy atom. The van der Waals surface area contributed by atoms with Gasteiger partial charge in [-0.3, -0.25) is 4.79 Å². The molecule has 18 heavy (non-hydrogen) atoms. The van der Waals surface area contributed by atoms with Crippen LogP contribution < -0.4 is 5.32 Å². The number of hydrogen-bond acceptors (Lipinski definition) is 3. The first-order valence-electron chi connectivity index (χ1n) is 6.23. The predicted molar refractivity (Wildman–Crippen MR) is 66.5 cm³/mol. The van der Waals surface area contributed by atoms with Crippen molar-refractivity contribution in [2.75, 3.05) is 27.3 Å². The van der Waals surface area contributed by atoms with Crippen LogP contribution in [0.15, 0.2) is 0 Å². The second-order valence-corrected chi connectivity index (χ2v) is 4.90. The zero-order valence-electron chi connectivity index (χ0n) is 11.1. The maximum absolute atomic E-state index is 11.9. The topological polar surface area (TPSA) is 78.9 Å². The molecule has 0 atom stereocenters. The molecule has 0 spiro atoms. The lowest BCUT2D eigenvalue weighted by Gasteiger charge is -2.42. The van der Waals surface area contributed by atoms with Crippen molar-refractivity contribution in [2.24, 2.45) is 0 Å². The highest BCUT2D eigenvalue weighted by Gasteiger charge is 2.40. The Hall–Kier alpha value is -1.30. The molecule has 2 N–H and O–H groups in total. The summed E-state index contributed by atoms with van der Waals surface area (Å²) >= 11 is 0. The van der Waals surface area contributed by atoms with E-state index < -0.39 is 11.5 Å². The van der Waals surface area contributed by atoms with Crippen molar-refractivity contribution in [3.05, 3.63) is 0 Å². The maximum atomic E-state index is 11.9. The van der Waals surface area contributed by atoms with Crippen LogP contribution in [0.25, 0.3) is 0 Å². The molecule has 0 aromatic heterocycles. The highest BCUT2D eigenvalue weighted by molar-refractivity contribution is 5.77. The number of aliphatic carboxylic acids is 1. The fourth-order valence-electron chi connectivity index (χ4n) is 2.11. The van der Waals surface area contributed by atoms with Gasteiger partial charge in [-0.05, 0) is 25.7 Å². The van der Waals surface area contributed by atoms with Crippen LogP contribution in [0, 0.1) is 0 Å². The summed E-state index contributed by atoms with van der Waals surface area (Å²) in [5.41, 5.74) is -0.529. The third kappa shape index (κ3) is 4.18. The molecule has 1 fully saturated rings. The van der Waals surface area contributed by atoms with Crippen molar-refractivity contribution in [3.8, 4) is 0 Å². The smallest absolute Gasteiger partial charge is 0.317 e. The van der Waals surface area contributed by atoms with Gasteiger partial charge in [0, 0.05) is 27.3 Å². The fraction of sp³-hybridized carbons (Fsp3) is 0.833. The van der Waals surface area contributed by atoms with Gasteiger partial charge in [0.2, 0.25) is 0 Å². The van der Waals surface area contributed by atoms with Crippen LogP contribution in [-0.2, 0) is 9.53 Å². The Balaban J connectivity index is 2.39. The van der Waals surface area contributed by atoms with Gasteiger partial charge in [-0.15, -0.1) is 0 Å². The van der Waals surface area contributed by atoms with Gasteiger partial charge in [-0.25, -0.2) is 4.79 Å². The third-order valence-corrected chi connectivity index (χ3v) is 3.36. The largest absolute Gasteiger partial charge is 0.481 e. The molecular formula is C12H22N2O4. The number of methoxy groups -OCH3 is 1. The van der Waals surface area contributed by atoms with E-state index in [1.807, 2.05) is 0 Å². The highest BCUT2D eigenvalue weighted by atomic mass is 16.5. The van der Waals surface area contributed by atoms with E-state index in [2.05, 4.69) is 5.32 Å². The van der Waals surface area contributed by atoms with Crippen LogP contribution in [0.5, 0.6) is 0 Å². The van der Waals surface area contributed by atoms with Gasteiger partial charge in [0.1, 0.15) is 0 Å². The minimum atomic E-state index is -0.864. The lowest BCUT2D eigenvalue weighted by molar-refractivity contribution is -0.139. The monoisotopic (exact) mass is 258 g/mol. The van der Waals surface area contributed by atoms with E-state index in [4.69, 9.17) is 9.84 Å². The van der Waals surface area contributed by atoms with E-state index in [0.29, 0.717) is 13.2 Å². The van der Waals surface area contributed by atoms with Gasteiger partial charge >= 0.3 is 12.0 Å². The predicted octanol–water partition coefficient (Wildman–Crippen LogP) is 1.06. The number of rotatable bonds is 7. The summed E-state index contributed by atoms with van der Waals surface area (Å²) in [7, 11) is 3.33. The number of urea groups is 1. The molecule has 1 rings (SSSR count). The molecule has 2 amide bonds. The Morgan fingerprint density at radius 3 is 2.56 bits per heavy atom. The SMILES string of the molecule is COCCCN(C)C(=O)NC1(CC(=O)O)CCC1. The number of nitrogens with zero attached hydrogens (tertiary/aromatic N) is 1. The number of carboxylic acids is 1. The molecule has 1 saturated carbocycles. The Labute approximate surface area is 107 Å². The van der Waals surface area contributed by atoms with Crippen LogP contribution >= 0.6 is 0 Å². The molecule has 0 heterocycles. The number of carboxylic acid groups (broad SMARTS) is 1. The summed E-state index contributed by atoms with van der Waals surface area (Å²) in [5.74, 6) is -0.864. The summed E-state index contributed by atoms with van der Waals surface area (Å²) in [4.78, 5) is 24.3. The molecule has 104 valence electrons. The minimum absolute atomic E-state index is 0.00461. The number of carbonyl (C=O) groups is 2. The molecule has 0 bridgehead atoms. The average molecular weight is 258 g/mol. The fourth-order valence-corrected chi connectivity index (χ4v) is 2.11. The Morgan fingerprint density at radius 2 is 2.11 bits per heavy atom. The molecule has 0 aliphatic heterocycles. The van der Waals surface area contributed by atoms with E-state index in [1.165, 1.54) is 0 Å². The van der Waals surface area contributed by atoms with Gasteiger partial charge in [-0.2, -0.15) is 0 Å². The molecule has 1 aliphatic carbocycles. The molecular weight excluding hydrogens is 236 g/mol. The van der Waals surface area contributed by atoms with Crippen molar-refractivity contribution in [3.63, 3.8) is 0 Å². The van der Waals surface area contributed by atoms with Crippen LogP contribution in [0.4, 0.5) is 4.79 Å². The van der Waals surface area contributed by atoms with Crippen molar-refractivity contribution in [1.82, 2.24) is 10.2 Å². The van der Waals surface area contributed by atoms with E-state index in [9.17, 15) is 9.59 Å². The number of ether oxygens (including phenoxy) is 1. The van der Waals surface area contributed by atoms with Crippen molar-refractivity contribution >= 4 is 12.0 Å². The second-order valence-electron chi connectivity index (χ2n) is 4.90. The maximum Gasteiger partial charge on any atom is 0.317 e. The molecule has 0 aromatic rings. The molecule has 0 radical (unpaired) electrons. The highest BCUT2D eigenvalue weighted by Crippen LogP contribution is 2.35. The van der Waals surface area contributed by atoms with Crippen LogP contribution in [0.2, 0.25) is 0 Å². The number of carbonyl (C=O) groups excluding carboxylic acids is 1. The number of hydrogen-bond donors (Lipinski definition) is 2. The summed E-state index contributed by atoms with van der Waals surface area (Å²) in [6.07, 6.45) is 3.24. The zero-order chi connectivity index (χ0) is 13.6. The quantitative estimate of drug-likeness (QED) is 0.669. The minimum Gasteiger partial charge on any atom is -0.481 e. The first-order chi connectivity index (χ1) is 8.49. The Kier molecular flexibility index (Phi) is 5.40. The van der Waals surface area contributed by atoms with Crippen molar-refractivity contribution in [1.29, 1.82) is 0 Å². The van der Waals surface area contributed by atoms with Gasteiger partial charge < -0.3 is 20.1 Å². The second kappa shape index (κ2) is 6.58. The standard InChI is InChI=1S/C12H22N2O4/c1-14(7-4-8-18-2)11(17)13-12(5-3-6-12)9-10(15)16/h3-9H2,1-2H3,(H,13,17)(H,15,16). The van der Waals surface area contributed by atoms with Gasteiger partial charge in [0.25, 0.3) is 0 Å². The molecule has 0 aromatic carbocycles. The summed E-state index contributed by atoms with van der Waals surface area (Å²) < 4.78 is 4.92. The summed E-state index contributed by atoms with van der Waals surface area (Å²) in [6.45, 7) is 1.21. The van der Waals surface area contributed by atoms with Gasteiger partial charge in [-0.1, -0.05) is 0 Å². The number of amides is 2. The van der Waals surface area contributed by atoms with Crippen molar-refractivity contribution in [2.45, 2.75) is 37.6 Å². The van der Waals surface area contributed by atoms with E-state index >= 15 is 0 Å². The molecule has 0 saturated heterocycles. The van der Waals surface area contributed by atoms with Crippen molar-refractivity contribution < 1.29 is 19.4 Å². The zero-order valence-corrected chi connectivity index (χ0v) is 11.1. The molecule has 6 nitrogen and oxygen atoms in total. The van der Waals surface area contributed by atoms with Gasteiger partial charge in [0.15, 0.2) is 0 Å². The third-order valence-electron chi connectivity index (χ3n) is 3.36. The molecule has 6 heteroatoms. The lowest BCUT2D eigenvalue weighted by Crippen LogP contribution is -2.57. The van der Waals surface area contributed by atoms with Crippen LogP contribution in [0.1, 0.15) is 32.1 Å². The summed E-state index contributed by atoms with van der Waals surface area (Å²) in [6, 6.07) is -0.202. The van der Waals surface area contributed by atoms with Gasteiger partial charge in [0.05, 0.1) is 12.0 Å². The lowest BCUT2D eigenvalue weighted by atomic mass is 9.74. The van der Waals surface area contributed by atoms with E-state index in [0.717, 1.165) is 25.7 Å².